The molecule has 0 radical (unpaired) electrons. The van der Waals surface area contributed by atoms with Crippen LogP contribution in [-0.2, 0) is 11.3 Å². The summed E-state index contributed by atoms with van der Waals surface area (Å²) in [5.41, 5.74) is 3.70. The number of benzene rings is 1. The monoisotopic (exact) mass is 469 g/mol. The van der Waals surface area contributed by atoms with Gasteiger partial charge in [0.15, 0.2) is 0 Å². The molecule has 4 aromatic rings. The quantitative estimate of drug-likeness (QED) is 0.319. The van der Waals surface area contributed by atoms with Crippen molar-refractivity contribution in [3.05, 3.63) is 102 Å². The molecule has 1 unspecified atom stereocenters. The standard InChI is InChI=1S/C28H31N5O2/c1-3-32(4-2)25(26-13-9-17-35-26)19-30-27(34)15-14-24-21-33(20-22-10-6-5-7-11-22)31-28(24)23-12-8-16-29-18-23/h5-18,21,25H,3-4,19-20H2,1-2H3,(H,30,34)/b15-14+. The normalized spacial score (nSPS) is 12.3. The summed E-state index contributed by atoms with van der Waals surface area (Å²) in [4.78, 5) is 19.2. The van der Waals surface area contributed by atoms with Gasteiger partial charge < -0.3 is 9.73 Å². The van der Waals surface area contributed by atoms with Crippen LogP contribution in [0.3, 0.4) is 0 Å². The third-order valence-electron chi connectivity index (χ3n) is 5.92. The van der Waals surface area contributed by atoms with Gasteiger partial charge in [0, 0.05) is 42.3 Å². The molecule has 3 aromatic heterocycles. The van der Waals surface area contributed by atoms with E-state index in [-0.39, 0.29) is 11.9 Å². The van der Waals surface area contributed by atoms with Gasteiger partial charge in [-0.2, -0.15) is 5.10 Å². The van der Waals surface area contributed by atoms with Crippen LogP contribution >= 0.6 is 0 Å². The second-order valence-corrected chi connectivity index (χ2v) is 8.19. The smallest absolute Gasteiger partial charge is 0.244 e. The number of carbonyl (C=O) groups is 1. The summed E-state index contributed by atoms with van der Waals surface area (Å²) < 4.78 is 7.52. The summed E-state index contributed by atoms with van der Waals surface area (Å²) in [5, 5.41) is 7.81. The lowest BCUT2D eigenvalue weighted by Crippen LogP contribution is -2.37. The molecule has 1 amide bonds. The molecule has 0 bridgehead atoms. The summed E-state index contributed by atoms with van der Waals surface area (Å²) in [6, 6.07) is 17.8. The van der Waals surface area contributed by atoms with E-state index in [1.165, 1.54) is 0 Å². The first-order valence-electron chi connectivity index (χ1n) is 11.9. The van der Waals surface area contributed by atoms with E-state index in [0.717, 1.165) is 41.2 Å². The van der Waals surface area contributed by atoms with Crippen LogP contribution in [0.15, 0.2) is 89.9 Å². The third-order valence-corrected chi connectivity index (χ3v) is 5.92. The Morgan fingerprint density at radius 1 is 1.11 bits per heavy atom. The summed E-state index contributed by atoms with van der Waals surface area (Å²) in [6.45, 7) is 7.04. The van der Waals surface area contributed by atoms with Gasteiger partial charge in [0.05, 0.1) is 18.8 Å². The van der Waals surface area contributed by atoms with E-state index in [0.29, 0.717) is 13.1 Å². The van der Waals surface area contributed by atoms with Crippen LogP contribution in [0.5, 0.6) is 0 Å². The predicted octanol–water partition coefficient (Wildman–Crippen LogP) is 4.80. The number of nitrogens with one attached hydrogen (secondary N) is 1. The van der Waals surface area contributed by atoms with Crippen molar-refractivity contribution in [2.75, 3.05) is 19.6 Å². The molecule has 180 valence electrons. The van der Waals surface area contributed by atoms with E-state index in [1.54, 1.807) is 24.7 Å². The zero-order valence-corrected chi connectivity index (χ0v) is 20.2. The van der Waals surface area contributed by atoms with Gasteiger partial charge in [0.2, 0.25) is 5.91 Å². The lowest BCUT2D eigenvalue weighted by molar-refractivity contribution is -0.116. The summed E-state index contributed by atoms with van der Waals surface area (Å²) >= 11 is 0. The Balaban J connectivity index is 1.50. The molecule has 0 saturated heterocycles. The van der Waals surface area contributed by atoms with E-state index in [2.05, 4.69) is 41.2 Å². The van der Waals surface area contributed by atoms with Crippen molar-refractivity contribution < 1.29 is 9.21 Å². The molecule has 0 spiro atoms. The van der Waals surface area contributed by atoms with Gasteiger partial charge in [0.25, 0.3) is 0 Å². The first kappa shape index (κ1) is 24.2. The number of nitrogens with zero attached hydrogens (tertiary/aromatic N) is 4. The van der Waals surface area contributed by atoms with Crippen LogP contribution in [0.2, 0.25) is 0 Å². The van der Waals surface area contributed by atoms with Crippen molar-refractivity contribution in [1.82, 2.24) is 25.0 Å². The highest BCUT2D eigenvalue weighted by atomic mass is 16.3. The molecule has 4 rings (SSSR count). The maximum Gasteiger partial charge on any atom is 0.244 e. The van der Waals surface area contributed by atoms with Crippen LogP contribution in [0, 0.1) is 0 Å². The zero-order chi connectivity index (χ0) is 24.5. The van der Waals surface area contributed by atoms with Gasteiger partial charge >= 0.3 is 0 Å². The minimum Gasteiger partial charge on any atom is -0.468 e. The summed E-state index contributed by atoms with van der Waals surface area (Å²) in [7, 11) is 0. The predicted molar refractivity (Wildman–Crippen MR) is 137 cm³/mol. The van der Waals surface area contributed by atoms with Crippen LogP contribution in [-0.4, -0.2) is 45.2 Å². The van der Waals surface area contributed by atoms with Gasteiger partial charge in [-0.3, -0.25) is 19.4 Å². The second-order valence-electron chi connectivity index (χ2n) is 8.19. The van der Waals surface area contributed by atoms with E-state index in [9.17, 15) is 4.79 Å². The van der Waals surface area contributed by atoms with Crippen molar-refractivity contribution >= 4 is 12.0 Å². The molecular weight excluding hydrogens is 438 g/mol. The molecule has 0 aliphatic carbocycles. The molecule has 0 aliphatic rings. The molecule has 7 nitrogen and oxygen atoms in total. The van der Waals surface area contributed by atoms with Gasteiger partial charge in [-0.25, -0.2) is 0 Å². The molecule has 1 atom stereocenters. The number of rotatable bonds is 11. The number of pyridine rings is 1. The Hall–Kier alpha value is -3.97. The SMILES string of the molecule is CCN(CC)C(CNC(=O)/C=C/c1cn(Cc2ccccc2)nc1-c1cccnc1)c1ccco1. The molecule has 0 aliphatic heterocycles. The van der Waals surface area contributed by atoms with E-state index >= 15 is 0 Å². The Bertz CT molecular complexity index is 1210. The number of likely N-dealkylation sites (N-methyl/N-ethyl adjacent to an activating group) is 1. The minimum absolute atomic E-state index is 0.0167. The second kappa shape index (κ2) is 11.9. The third kappa shape index (κ3) is 6.33. The van der Waals surface area contributed by atoms with Gasteiger partial charge in [-0.05, 0) is 49.0 Å². The van der Waals surface area contributed by atoms with Gasteiger partial charge in [-0.15, -0.1) is 0 Å². The maximum absolute atomic E-state index is 12.7. The Labute approximate surface area is 206 Å². The lowest BCUT2D eigenvalue weighted by atomic mass is 10.1. The number of hydrogen-bond donors (Lipinski definition) is 1. The average molecular weight is 470 g/mol. The highest BCUT2D eigenvalue weighted by molar-refractivity contribution is 5.92. The van der Waals surface area contributed by atoms with E-state index < -0.39 is 0 Å². The topological polar surface area (TPSA) is 76.2 Å². The average Bonchev–Trinajstić information content (AvgIpc) is 3.57. The fraction of sp³-hybridized carbons (Fsp3) is 0.250. The number of carbonyl (C=O) groups excluding carboxylic acids is 1. The van der Waals surface area contributed by atoms with E-state index in [4.69, 9.17) is 9.52 Å². The highest BCUT2D eigenvalue weighted by Crippen LogP contribution is 2.23. The van der Waals surface area contributed by atoms with Crippen molar-refractivity contribution in [3.63, 3.8) is 0 Å². The van der Waals surface area contributed by atoms with Gasteiger partial charge in [-0.1, -0.05) is 44.2 Å². The highest BCUT2D eigenvalue weighted by Gasteiger charge is 2.21. The van der Waals surface area contributed by atoms with Crippen molar-refractivity contribution in [3.8, 4) is 11.3 Å². The summed E-state index contributed by atoms with van der Waals surface area (Å²) in [6.07, 6.45) is 10.5. The molecule has 1 N–H and O–H groups in total. The van der Waals surface area contributed by atoms with Gasteiger partial charge in [0.1, 0.15) is 11.5 Å². The molecule has 1 aromatic carbocycles. The van der Waals surface area contributed by atoms with Crippen LogP contribution in [0.25, 0.3) is 17.3 Å². The van der Waals surface area contributed by atoms with Crippen molar-refractivity contribution in [2.24, 2.45) is 0 Å². The Morgan fingerprint density at radius 3 is 2.63 bits per heavy atom. The molecule has 35 heavy (non-hydrogen) atoms. The van der Waals surface area contributed by atoms with Crippen molar-refractivity contribution in [1.29, 1.82) is 0 Å². The Morgan fingerprint density at radius 2 is 1.94 bits per heavy atom. The van der Waals surface area contributed by atoms with E-state index in [1.807, 2.05) is 59.4 Å². The van der Waals surface area contributed by atoms with Crippen LogP contribution < -0.4 is 5.32 Å². The molecule has 3 heterocycles. The first-order chi connectivity index (χ1) is 17.2. The number of aromatic nitrogens is 3. The number of amides is 1. The fourth-order valence-electron chi connectivity index (χ4n) is 4.11. The minimum atomic E-state index is -0.165. The fourth-order valence-corrected chi connectivity index (χ4v) is 4.11. The molecule has 0 saturated carbocycles. The maximum atomic E-state index is 12.7. The van der Waals surface area contributed by atoms with Crippen LogP contribution in [0.1, 0.15) is 36.8 Å². The molecule has 0 fully saturated rings. The number of hydrogen-bond acceptors (Lipinski definition) is 5. The molecule has 7 heteroatoms. The first-order valence-corrected chi connectivity index (χ1v) is 11.9. The molecular formula is C28H31N5O2. The lowest BCUT2D eigenvalue weighted by Gasteiger charge is -2.28. The largest absolute Gasteiger partial charge is 0.468 e. The van der Waals surface area contributed by atoms with Crippen molar-refractivity contribution in [2.45, 2.75) is 26.4 Å². The Kier molecular flexibility index (Phi) is 8.25. The number of furan rings is 1. The van der Waals surface area contributed by atoms with Crippen LogP contribution in [0.4, 0.5) is 0 Å². The summed E-state index contributed by atoms with van der Waals surface area (Å²) in [5.74, 6) is 0.681. The zero-order valence-electron chi connectivity index (χ0n) is 20.2.